The largest absolute Gasteiger partial charge is 0.326 e. The summed E-state index contributed by atoms with van der Waals surface area (Å²) in [6.45, 7) is 3.95. The molecule has 0 heterocycles. The summed E-state index contributed by atoms with van der Waals surface area (Å²) in [5.41, 5.74) is 3.22. The zero-order valence-electron chi connectivity index (χ0n) is 12.1. The fraction of sp³-hybridized carbons (Fsp3) is 0.176. The molecule has 2 aromatic rings. The summed E-state index contributed by atoms with van der Waals surface area (Å²) in [4.78, 5) is 23.9. The zero-order valence-corrected chi connectivity index (χ0v) is 12.1. The third-order valence-electron chi connectivity index (χ3n) is 3.24. The Kier molecular flexibility index (Phi) is 4.72. The first-order valence-corrected chi connectivity index (χ1v) is 6.87. The number of urea groups is 1. The Morgan fingerprint density at radius 1 is 1.00 bits per heavy atom. The number of hydrogen-bond acceptors (Lipinski definition) is 2. The van der Waals surface area contributed by atoms with E-state index in [4.69, 9.17) is 0 Å². The molecule has 0 atom stereocenters. The van der Waals surface area contributed by atoms with Crippen molar-refractivity contribution < 1.29 is 9.59 Å². The molecule has 2 N–H and O–H groups in total. The number of anilines is 1. The molecule has 0 bridgehead atoms. The van der Waals surface area contributed by atoms with Gasteiger partial charge in [-0.3, -0.25) is 10.1 Å². The molecule has 0 saturated heterocycles. The average Bonchev–Trinajstić information content (AvgIpc) is 2.50. The highest BCUT2D eigenvalue weighted by Crippen LogP contribution is 2.20. The van der Waals surface area contributed by atoms with Crippen molar-refractivity contribution in [3.05, 3.63) is 65.2 Å². The number of rotatable bonds is 3. The molecule has 0 spiro atoms. The Hall–Kier alpha value is -2.62. The van der Waals surface area contributed by atoms with Gasteiger partial charge in [-0.25, -0.2) is 4.79 Å². The van der Waals surface area contributed by atoms with Crippen molar-refractivity contribution in [2.24, 2.45) is 0 Å². The summed E-state index contributed by atoms with van der Waals surface area (Å²) in [7, 11) is 0. The van der Waals surface area contributed by atoms with Gasteiger partial charge in [-0.1, -0.05) is 43.3 Å². The summed E-state index contributed by atoms with van der Waals surface area (Å²) in [5.74, 6) is -0.417. The monoisotopic (exact) mass is 282 g/mol. The maximum absolute atomic E-state index is 12.0. The van der Waals surface area contributed by atoms with Crippen molar-refractivity contribution in [3.8, 4) is 0 Å². The van der Waals surface area contributed by atoms with E-state index in [9.17, 15) is 9.59 Å². The predicted octanol–water partition coefficient (Wildman–Crippen LogP) is 3.52. The van der Waals surface area contributed by atoms with E-state index in [0.717, 1.165) is 23.2 Å². The van der Waals surface area contributed by atoms with E-state index in [1.54, 1.807) is 24.3 Å². The van der Waals surface area contributed by atoms with Crippen LogP contribution >= 0.6 is 0 Å². The van der Waals surface area contributed by atoms with E-state index in [1.165, 1.54) is 0 Å². The molecule has 0 aliphatic rings. The summed E-state index contributed by atoms with van der Waals surface area (Å²) in [6.07, 6.45) is 0.809. The summed E-state index contributed by atoms with van der Waals surface area (Å²) in [5, 5.41) is 5.09. The molecule has 3 amide bonds. The summed E-state index contributed by atoms with van der Waals surface area (Å²) in [6, 6.07) is 14.0. The molecule has 0 radical (unpaired) electrons. The second-order valence-electron chi connectivity index (χ2n) is 4.74. The number of benzene rings is 2. The number of nitrogens with one attached hydrogen (secondary N) is 2. The van der Waals surface area contributed by atoms with Crippen molar-refractivity contribution in [3.63, 3.8) is 0 Å². The summed E-state index contributed by atoms with van der Waals surface area (Å²) < 4.78 is 0. The third kappa shape index (κ3) is 3.69. The first kappa shape index (κ1) is 14.8. The molecule has 0 aliphatic carbocycles. The minimum Gasteiger partial charge on any atom is -0.307 e. The van der Waals surface area contributed by atoms with E-state index < -0.39 is 11.9 Å². The van der Waals surface area contributed by atoms with Gasteiger partial charge in [0.05, 0.1) is 0 Å². The summed E-state index contributed by atoms with van der Waals surface area (Å²) >= 11 is 0. The fourth-order valence-electron chi connectivity index (χ4n) is 2.11. The van der Waals surface area contributed by atoms with Crippen LogP contribution in [0.25, 0.3) is 0 Å². The topological polar surface area (TPSA) is 58.2 Å². The highest BCUT2D eigenvalue weighted by atomic mass is 16.2. The fourth-order valence-corrected chi connectivity index (χ4v) is 2.11. The van der Waals surface area contributed by atoms with Crippen molar-refractivity contribution in [1.29, 1.82) is 0 Å². The lowest BCUT2D eigenvalue weighted by Crippen LogP contribution is -2.34. The minimum absolute atomic E-state index is 0.417. The Labute approximate surface area is 124 Å². The number of hydrogen-bond donors (Lipinski definition) is 2. The number of imide groups is 1. The Morgan fingerprint density at radius 3 is 2.38 bits per heavy atom. The lowest BCUT2D eigenvalue weighted by Gasteiger charge is -2.13. The van der Waals surface area contributed by atoms with E-state index >= 15 is 0 Å². The molecule has 0 aromatic heterocycles. The lowest BCUT2D eigenvalue weighted by molar-refractivity contribution is 0.0967. The smallest absolute Gasteiger partial charge is 0.307 e. The van der Waals surface area contributed by atoms with E-state index in [2.05, 4.69) is 10.6 Å². The van der Waals surface area contributed by atoms with Gasteiger partial charge in [-0.2, -0.15) is 0 Å². The molecule has 0 unspecified atom stereocenters. The highest BCUT2D eigenvalue weighted by Gasteiger charge is 2.12. The molecule has 0 aliphatic heterocycles. The SMILES string of the molecule is CCc1cccc(C)c1NC(=O)NC(=O)c1ccccc1. The van der Waals surface area contributed by atoms with Crippen molar-refractivity contribution in [1.82, 2.24) is 5.32 Å². The second-order valence-corrected chi connectivity index (χ2v) is 4.74. The highest BCUT2D eigenvalue weighted by molar-refractivity contribution is 6.08. The van der Waals surface area contributed by atoms with Crippen LogP contribution < -0.4 is 10.6 Å². The number of carbonyl (C=O) groups is 2. The normalized spacial score (nSPS) is 10.0. The van der Waals surface area contributed by atoms with Gasteiger partial charge in [0.1, 0.15) is 0 Å². The number of aryl methyl sites for hydroxylation is 2. The van der Waals surface area contributed by atoms with Gasteiger partial charge in [-0.15, -0.1) is 0 Å². The van der Waals surface area contributed by atoms with Gasteiger partial charge in [0.25, 0.3) is 5.91 Å². The molecular weight excluding hydrogens is 264 g/mol. The molecule has 2 rings (SSSR count). The first-order chi connectivity index (χ1) is 10.1. The minimum atomic E-state index is -0.521. The van der Waals surface area contributed by atoms with Gasteiger partial charge in [-0.05, 0) is 36.6 Å². The van der Waals surface area contributed by atoms with Crippen molar-refractivity contribution >= 4 is 17.6 Å². The van der Waals surface area contributed by atoms with Crippen LogP contribution in [-0.2, 0) is 6.42 Å². The van der Waals surface area contributed by atoms with E-state index in [0.29, 0.717) is 5.56 Å². The molecule has 0 saturated carbocycles. The molecule has 21 heavy (non-hydrogen) atoms. The van der Waals surface area contributed by atoms with Crippen LogP contribution in [0.15, 0.2) is 48.5 Å². The van der Waals surface area contributed by atoms with Crippen LogP contribution in [0, 0.1) is 6.92 Å². The van der Waals surface area contributed by atoms with Crippen LogP contribution in [0.1, 0.15) is 28.4 Å². The first-order valence-electron chi connectivity index (χ1n) is 6.87. The van der Waals surface area contributed by atoms with Crippen LogP contribution in [0.4, 0.5) is 10.5 Å². The quantitative estimate of drug-likeness (QED) is 0.905. The van der Waals surface area contributed by atoms with Crippen molar-refractivity contribution in [2.75, 3.05) is 5.32 Å². The molecule has 4 nitrogen and oxygen atoms in total. The van der Waals surface area contributed by atoms with Crippen LogP contribution in [0.3, 0.4) is 0 Å². The molecule has 108 valence electrons. The number of carbonyl (C=O) groups excluding carboxylic acids is 2. The number of amides is 3. The average molecular weight is 282 g/mol. The number of para-hydroxylation sites is 1. The molecule has 4 heteroatoms. The van der Waals surface area contributed by atoms with E-state index in [1.807, 2.05) is 38.1 Å². The van der Waals surface area contributed by atoms with Crippen molar-refractivity contribution in [2.45, 2.75) is 20.3 Å². The Morgan fingerprint density at radius 2 is 1.71 bits per heavy atom. The maximum Gasteiger partial charge on any atom is 0.326 e. The zero-order chi connectivity index (χ0) is 15.2. The van der Waals surface area contributed by atoms with Gasteiger partial charge >= 0.3 is 6.03 Å². The van der Waals surface area contributed by atoms with Crippen LogP contribution in [-0.4, -0.2) is 11.9 Å². The third-order valence-corrected chi connectivity index (χ3v) is 3.24. The molecule has 0 fully saturated rings. The molecule has 2 aromatic carbocycles. The van der Waals surface area contributed by atoms with E-state index in [-0.39, 0.29) is 0 Å². The van der Waals surface area contributed by atoms with Crippen LogP contribution in [0.5, 0.6) is 0 Å². The van der Waals surface area contributed by atoms with Gasteiger partial charge in [0, 0.05) is 11.3 Å². The maximum atomic E-state index is 12.0. The Balaban J connectivity index is 2.08. The van der Waals surface area contributed by atoms with Gasteiger partial charge < -0.3 is 5.32 Å². The molecular formula is C17H18N2O2. The van der Waals surface area contributed by atoms with Gasteiger partial charge in [0.2, 0.25) is 0 Å². The van der Waals surface area contributed by atoms with Crippen LogP contribution in [0.2, 0.25) is 0 Å². The Bertz CT molecular complexity index is 651. The lowest BCUT2D eigenvalue weighted by atomic mass is 10.1. The standard InChI is InChI=1S/C17H18N2O2/c1-3-13-11-7-8-12(2)15(13)18-17(21)19-16(20)14-9-5-4-6-10-14/h4-11H,3H2,1-2H3,(H2,18,19,20,21). The van der Waals surface area contributed by atoms with Gasteiger partial charge in [0.15, 0.2) is 0 Å². The second kappa shape index (κ2) is 6.70. The predicted molar refractivity (Wildman–Crippen MR) is 83.5 cm³/mol.